The molecule has 8 heteroatoms. The Labute approximate surface area is 96.2 Å². The largest absolute Gasteiger partial charge is 0.428 e. The fraction of sp³-hybridized carbons (Fsp3) is 0.222. The second kappa shape index (κ2) is 4.74. The average molecular weight is 266 g/mol. The van der Waals surface area contributed by atoms with E-state index in [1.807, 2.05) is 0 Å². The molecule has 17 heavy (non-hydrogen) atoms. The monoisotopic (exact) mass is 266 g/mol. The number of rotatable bonds is 3. The minimum atomic E-state index is -4.66. The number of benzene rings is 1. The molecule has 94 valence electrons. The molecule has 1 N–H and O–H groups in total. The molecular formula is C9H9F3N2O2S. The van der Waals surface area contributed by atoms with Crippen LogP contribution in [0.5, 0.6) is 0 Å². The summed E-state index contributed by atoms with van der Waals surface area (Å²) < 4.78 is 58.0. The second-order valence-corrected chi connectivity index (χ2v) is 4.87. The molecule has 0 unspecified atom stereocenters. The molecule has 0 aliphatic carbocycles. The van der Waals surface area contributed by atoms with E-state index in [9.17, 15) is 21.6 Å². The topological polar surface area (TPSA) is 58.5 Å². The highest BCUT2D eigenvalue weighted by atomic mass is 32.2. The Morgan fingerprint density at radius 1 is 1.24 bits per heavy atom. The van der Waals surface area contributed by atoms with Crippen LogP contribution in [0.4, 0.5) is 13.2 Å². The Hall–Kier alpha value is -1.57. The number of nitrogens with one attached hydrogen (secondary N) is 1. The van der Waals surface area contributed by atoms with Crippen LogP contribution in [0.3, 0.4) is 0 Å². The molecule has 1 aromatic carbocycles. The SMILES string of the molecule is Cc1ccc(S(=O)(=O)NN=CC(F)(F)F)cc1. The molecule has 0 fully saturated rings. The quantitative estimate of drug-likeness (QED) is 0.670. The predicted molar refractivity (Wildman–Crippen MR) is 56.0 cm³/mol. The number of hydrazone groups is 1. The highest BCUT2D eigenvalue weighted by Gasteiger charge is 2.24. The van der Waals surface area contributed by atoms with Gasteiger partial charge in [0, 0.05) is 0 Å². The van der Waals surface area contributed by atoms with Crippen LogP contribution < -0.4 is 4.83 Å². The summed E-state index contributed by atoms with van der Waals surface area (Å²) in [6, 6.07) is 5.62. The maximum atomic E-state index is 11.7. The maximum absolute atomic E-state index is 11.7. The van der Waals surface area contributed by atoms with Crippen LogP contribution >= 0.6 is 0 Å². The minimum absolute atomic E-state index is 0.151. The first kappa shape index (κ1) is 13.5. The van der Waals surface area contributed by atoms with Crippen molar-refractivity contribution in [1.29, 1.82) is 0 Å². The second-order valence-electron chi connectivity index (χ2n) is 3.21. The Morgan fingerprint density at radius 3 is 2.24 bits per heavy atom. The zero-order valence-electron chi connectivity index (χ0n) is 8.69. The van der Waals surface area contributed by atoms with Crippen molar-refractivity contribution in [3.05, 3.63) is 29.8 Å². The summed E-state index contributed by atoms with van der Waals surface area (Å²) in [6.45, 7) is 1.76. The third-order valence-electron chi connectivity index (χ3n) is 1.72. The van der Waals surface area contributed by atoms with Crippen LogP contribution in [-0.4, -0.2) is 20.8 Å². The molecule has 0 saturated carbocycles. The van der Waals surface area contributed by atoms with Crippen molar-refractivity contribution in [2.75, 3.05) is 0 Å². The van der Waals surface area contributed by atoms with E-state index in [1.165, 1.54) is 29.1 Å². The highest BCUT2D eigenvalue weighted by molar-refractivity contribution is 7.89. The van der Waals surface area contributed by atoms with Gasteiger partial charge < -0.3 is 0 Å². The molecular weight excluding hydrogens is 257 g/mol. The zero-order chi connectivity index (χ0) is 13.1. The molecule has 1 rings (SSSR count). The Kier molecular flexibility index (Phi) is 3.76. The number of hydrogen-bond acceptors (Lipinski definition) is 3. The summed E-state index contributed by atoms with van der Waals surface area (Å²) in [4.78, 5) is 1.32. The summed E-state index contributed by atoms with van der Waals surface area (Å²) in [7, 11) is -4.05. The first-order valence-corrected chi connectivity index (χ1v) is 5.88. The van der Waals surface area contributed by atoms with Crippen LogP contribution in [-0.2, 0) is 10.0 Å². The smallest absolute Gasteiger partial charge is 0.200 e. The normalized spacial score (nSPS) is 12.9. The van der Waals surface area contributed by atoms with Gasteiger partial charge in [-0.15, -0.1) is 0 Å². The third kappa shape index (κ3) is 4.43. The van der Waals surface area contributed by atoms with E-state index in [4.69, 9.17) is 0 Å². The first-order chi connectivity index (χ1) is 7.71. The van der Waals surface area contributed by atoms with Gasteiger partial charge >= 0.3 is 6.18 Å². The molecule has 0 aliphatic rings. The number of sulfonamides is 1. The molecule has 0 aromatic heterocycles. The molecule has 0 saturated heterocycles. The highest BCUT2D eigenvalue weighted by Crippen LogP contribution is 2.12. The van der Waals surface area contributed by atoms with Gasteiger partial charge in [0.1, 0.15) is 6.21 Å². The standard InChI is InChI=1S/C9H9F3N2O2S/c1-7-2-4-8(5-3-7)17(15,16)14-13-6-9(10,11)12/h2-6,14H,1H3. The molecule has 0 radical (unpaired) electrons. The van der Waals surface area contributed by atoms with Crippen LogP contribution in [0.2, 0.25) is 0 Å². The molecule has 1 aromatic rings. The summed E-state index contributed by atoms with van der Waals surface area (Å²) in [5.41, 5.74) is 0.836. The lowest BCUT2D eigenvalue weighted by molar-refractivity contribution is -0.0538. The fourth-order valence-corrected chi connectivity index (χ4v) is 1.73. The summed E-state index contributed by atoms with van der Waals surface area (Å²) in [6.07, 6.45) is -5.09. The van der Waals surface area contributed by atoms with Gasteiger partial charge in [0.05, 0.1) is 4.90 Å². The predicted octanol–water partition coefficient (Wildman–Crippen LogP) is 1.82. The number of halogens is 3. The van der Waals surface area contributed by atoms with E-state index < -0.39 is 22.4 Å². The van der Waals surface area contributed by atoms with Gasteiger partial charge in [0.15, 0.2) is 0 Å². The van der Waals surface area contributed by atoms with Crippen LogP contribution in [0.15, 0.2) is 34.3 Å². The summed E-state index contributed by atoms with van der Waals surface area (Å²) >= 11 is 0. The van der Waals surface area contributed by atoms with Crippen LogP contribution in [0, 0.1) is 6.92 Å². The summed E-state index contributed by atoms with van der Waals surface area (Å²) in [5, 5.41) is 2.63. The van der Waals surface area contributed by atoms with Gasteiger partial charge in [-0.1, -0.05) is 17.7 Å². The molecule has 0 bridgehead atoms. The van der Waals surface area contributed by atoms with Crippen molar-refractivity contribution >= 4 is 16.2 Å². The number of hydrogen-bond donors (Lipinski definition) is 1. The minimum Gasteiger partial charge on any atom is -0.200 e. The molecule has 0 spiro atoms. The van der Waals surface area contributed by atoms with E-state index in [0.29, 0.717) is 0 Å². The van der Waals surface area contributed by atoms with Crippen molar-refractivity contribution in [3.63, 3.8) is 0 Å². The van der Waals surface area contributed by atoms with Crippen molar-refractivity contribution in [3.8, 4) is 0 Å². The van der Waals surface area contributed by atoms with E-state index in [1.54, 1.807) is 6.92 Å². The fourth-order valence-electron chi connectivity index (χ4n) is 0.939. The lowest BCUT2D eigenvalue weighted by atomic mass is 10.2. The van der Waals surface area contributed by atoms with Crippen molar-refractivity contribution in [2.45, 2.75) is 18.0 Å². The average Bonchev–Trinajstić information content (AvgIpc) is 2.15. The van der Waals surface area contributed by atoms with E-state index in [-0.39, 0.29) is 4.90 Å². The molecule has 0 heterocycles. The Bertz CT molecular complexity index is 506. The molecule has 0 atom stereocenters. The summed E-state index contributed by atoms with van der Waals surface area (Å²) in [5.74, 6) is 0. The third-order valence-corrected chi connectivity index (χ3v) is 2.95. The zero-order valence-corrected chi connectivity index (χ0v) is 9.51. The number of nitrogens with zero attached hydrogens (tertiary/aromatic N) is 1. The lowest BCUT2D eigenvalue weighted by Gasteiger charge is -2.03. The number of aryl methyl sites for hydroxylation is 1. The first-order valence-electron chi connectivity index (χ1n) is 4.40. The van der Waals surface area contributed by atoms with Gasteiger partial charge in [-0.25, -0.2) is 4.83 Å². The van der Waals surface area contributed by atoms with Crippen LogP contribution in [0.25, 0.3) is 0 Å². The Balaban J connectivity index is 2.83. The maximum Gasteiger partial charge on any atom is 0.428 e. The lowest BCUT2D eigenvalue weighted by Crippen LogP contribution is -2.20. The van der Waals surface area contributed by atoms with Gasteiger partial charge in [0.2, 0.25) is 0 Å². The number of alkyl halides is 3. The van der Waals surface area contributed by atoms with Crippen molar-refractivity contribution in [2.24, 2.45) is 5.10 Å². The Morgan fingerprint density at radius 2 is 1.76 bits per heavy atom. The van der Waals surface area contributed by atoms with E-state index in [2.05, 4.69) is 5.10 Å². The van der Waals surface area contributed by atoms with E-state index in [0.717, 1.165) is 5.56 Å². The van der Waals surface area contributed by atoms with Gasteiger partial charge in [-0.3, -0.25) is 0 Å². The molecule has 0 aliphatic heterocycles. The van der Waals surface area contributed by atoms with Gasteiger partial charge in [0.25, 0.3) is 10.0 Å². The van der Waals surface area contributed by atoms with Crippen LogP contribution in [0.1, 0.15) is 5.56 Å². The van der Waals surface area contributed by atoms with Crippen molar-refractivity contribution < 1.29 is 21.6 Å². The van der Waals surface area contributed by atoms with Crippen molar-refractivity contribution in [1.82, 2.24) is 4.83 Å². The molecule has 0 amide bonds. The van der Waals surface area contributed by atoms with Gasteiger partial charge in [-0.05, 0) is 19.1 Å². The van der Waals surface area contributed by atoms with E-state index >= 15 is 0 Å². The molecule has 4 nitrogen and oxygen atoms in total. The van der Waals surface area contributed by atoms with Gasteiger partial charge in [-0.2, -0.15) is 26.7 Å².